The first-order valence-electron chi connectivity index (χ1n) is 6.41. The van der Waals surface area contributed by atoms with Gasteiger partial charge in [-0.1, -0.05) is 0 Å². The quantitative estimate of drug-likeness (QED) is 0.754. The topological polar surface area (TPSA) is 81.4 Å². The van der Waals surface area contributed by atoms with Crippen molar-refractivity contribution < 1.29 is 13.2 Å². The van der Waals surface area contributed by atoms with E-state index in [4.69, 9.17) is 10.5 Å². The van der Waals surface area contributed by atoms with Crippen molar-refractivity contribution in [3.05, 3.63) is 0 Å². The molecule has 0 aromatic rings. The summed E-state index contributed by atoms with van der Waals surface area (Å²) in [5, 5.41) is 0. The van der Waals surface area contributed by atoms with E-state index in [-0.39, 0.29) is 30.3 Å². The Morgan fingerprint density at radius 2 is 2.00 bits per heavy atom. The molecular formula is C11H23ClN2O3S. The lowest BCUT2D eigenvalue weighted by Gasteiger charge is -2.22. The Morgan fingerprint density at radius 3 is 2.56 bits per heavy atom. The highest BCUT2D eigenvalue weighted by Crippen LogP contribution is 2.31. The third-order valence-corrected chi connectivity index (χ3v) is 4.86. The summed E-state index contributed by atoms with van der Waals surface area (Å²) in [5.41, 5.74) is 5.86. The van der Waals surface area contributed by atoms with Crippen LogP contribution in [0, 0.1) is 5.92 Å². The number of nitrogens with one attached hydrogen (secondary N) is 1. The third kappa shape index (κ3) is 5.40. The molecule has 0 aromatic heterocycles. The minimum atomic E-state index is -3.24. The van der Waals surface area contributed by atoms with E-state index in [1.807, 2.05) is 0 Å². The molecule has 7 heteroatoms. The van der Waals surface area contributed by atoms with Gasteiger partial charge in [0.1, 0.15) is 0 Å². The summed E-state index contributed by atoms with van der Waals surface area (Å²) in [6.07, 6.45) is 5.07. The number of sulfonamides is 1. The Hall–Kier alpha value is 0.120. The van der Waals surface area contributed by atoms with E-state index in [1.54, 1.807) is 0 Å². The second-order valence-electron chi connectivity index (χ2n) is 5.12. The van der Waals surface area contributed by atoms with E-state index in [0.29, 0.717) is 19.1 Å². The molecule has 108 valence electrons. The van der Waals surface area contributed by atoms with E-state index < -0.39 is 10.0 Å². The molecule has 2 unspecified atom stereocenters. The highest BCUT2D eigenvalue weighted by atomic mass is 35.5. The average Bonchev–Trinajstić information content (AvgIpc) is 3.10. The van der Waals surface area contributed by atoms with Crippen LogP contribution in [0.4, 0.5) is 0 Å². The predicted molar refractivity (Wildman–Crippen MR) is 73.3 cm³/mol. The van der Waals surface area contributed by atoms with Gasteiger partial charge in [-0.15, -0.1) is 12.4 Å². The third-order valence-electron chi connectivity index (χ3n) is 3.45. The number of hydrogen-bond acceptors (Lipinski definition) is 4. The van der Waals surface area contributed by atoms with Gasteiger partial charge in [-0.2, -0.15) is 0 Å². The number of ether oxygens (including phenoxy) is 1. The van der Waals surface area contributed by atoms with E-state index in [1.165, 1.54) is 0 Å². The lowest BCUT2D eigenvalue weighted by molar-refractivity contribution is 0.0304. The molecule has 2 atom stereocenters. The van der Waals surface area contributed by atoms with Crippen molar-refractivity contribution >= 4 is 22.4 Å². The zero-order valence-electron chi connectivity index (χ0n) is 10.5. The molecule has 2 aliphatic rings. The minimum absolute atomic E-state index is 0. The first kappa shape index (κ1) is 16.2. The first-order chi connectivity index (χ1) is 8.07. The highest BCUT2D eigenvalue weighted by Gasteiger charge is 2.29. The number of rotatable bonds is 6. The Balaban J connectivity index is 0.00000162. The van der Waals surface area contributed by atoms with Crippen LogP contribution in [0.3, 0.4) is 0 Å². The van der Waals surface area contributed by atoms with Gasteiger partial charge >= 0.3 is 0 Å². The molecule has 5 nitrogen and oxygen atoms in total. The summed E-state index contributed by atoms with van der Waals surface area (Å²) >= 11 is 0. The van der Waals surface area contributed by atoms with Crippen LogP contribution in [-0.2, 0) is 14.8 Å². The Morgan fingerprint density at radius 1 is 1.28 bits per heavy atom. The number of nitrogens with two attached hydrogens (primary N) is 1. The van der Waals surface area contributed by atoms with Gasteiger partial charge in [0.25, 0.3) is 0 Å². The monoisotopic (exact) mass is 298 g/mol. The average molecular weight is 299 g/mol. The Labute approximate surface area is 115 Å². The van der Waals surface area contributed by atoms with Crippen molar-refractivity contribution in [3.8, 4) is 0 Å². The van der Waals surface area contributed by atoms with E-state index in [2.05, 4.69) is 4.72 Å². The Bertz CT molecular complexity index is 340. The van der Waals surface area contributed by atoms with Crippen LogP contribution < -0.4 is 10.5 Å². The van der Waals surface area contributed by atoms with Crippen molar-refractivity contribution in [2.75, 3.05) is 18.9 Å². The van der Waals surface area contributed by atoms with Crippen LogP contribution in [-0.4, -0.2) is 39.5 Å². The van der Waals surface area contributed by atoms with Crippen molar-refractivity contribution in [1.82, 2.24) is 4.72 Å². The molecule has 1 heterocycles. The molecule has 0 aromatic carbocycles. The molecule has 2 fully saturated rings. The van der Waals surface area contributed by atoms with Gasteiger partial charge in [0, 0.05) is 19.2 Å². The lowest BCUT2D eigenvalue weighted by atomic mass is 10.1. The van der Waals surface area contributed by atoms with Gasteiger partial charge in [-0.3, -0.25) is 0 Å². The molecule has 0 amide bonds. The molecular weight excluding hydrogens is 276 g/mol. The van der Waals surface area contributed by atoms with Crippen molar-refractivity contribution in [1.29, 1.82) is 0 Å². The van der Waals surface area contributed by atoms with Gasteiger partial charge in [0.2, 0.25) is 10.0 Å². The molecule has 1 saturated heterocycles. The second-order valence-corrected chi connectivity index (χ2v) is 6.97. The largest absolute Gasteiger partial charge is 0.377 e. The molecule has 1 aliphatic heterocycles. The van der Waals surface area contributed by atoms with Crippen LogP contribution in [0.15, 0.2) is 0 Å². The molecule has 18 heavy (non-hydrogen) atoms. The van der Waals surface area contributed by atoms with Gasteiger partial charge in [0.15, 0.2) is 0 Å². The molecule has 0 spiro atoms. The fourth-order valence-corrected chi connectivity index (χ4v) is 3.47. The van der Waals surface area contributed by atoms with Gasteiger partial charge in [0.05, 0.1) is 11.9 Å². The maximum atomic E-state index is 11.8. The van der Waals surface area contributed by atoms with Crippen LogP contribution >= 0.6 is 12.4 Å². The first-order valence-corrected chi connectivity index (χ1v) is 8.06. The van der Waals surface area contributed by atoms with Crippen molar-refractivity contribution in [2.45, 2.75) is 44.2 Å². The molecule has 3 N–H and O–H groups in total. The second kappa shape index (κ2) is 7.05. The standard InChI is InChI=1S/C11H22N2O3S.ClH/c12-11(9-4-5-9)7-13-17(14,15)8-10-3-1-2-6-16-10;/h9-11,13H,1-8,12H2;1H. The van der Waals surface area contributed by atoms with Gasteiger partial charge < -0.3 is 10.5 Å². The van der Waals surface area contributed by atoms with E-state index in [9.17, 15) is 8.42 Å². The number of halogens is 1. The maximum Gasteiger partial charge on any atom is 0.214 e. The number of hydrogen-bond donors (Lipinski definition) is 2. The van der Waals surface area contributed by atoms with Gasteiger partial charge in [-0.25, -0.2) is 13.1 Å². The fourth-order valence-electron chi connectivity index (χ4n) is 2.16. The van der Waals surface area contributed by atoms with E-state index in [0.717, 1.165) is 32.1 Å². The summed E-state index contributed by atoms with van der Waals surface area (Å²) in [6, 6.07) is -0.0305. The van der Waals surface area contributed by atoms with Crippen LogP contribution in [0.5, 0.6) is 0 Å². The van der Waals surface area contributed by atoms with Crippen molar-refractivity contribution in [2.24, 2.45) is 11.7 Å². The molecule has 0 radical (unpaired) electrons. The zero-order chi connectivity index (χ0) is 12.3. The van der Waals surface area contributed by atoms with Crippen molar-refractivity contribution in [3.63, 3.8) is 0 Å². The van der Waals surface area contributed by atoms with Crippen LogP contribution in [0.2, 0.25) is 0 Å². The normalized spacial score (nSPS) is 26.4. The molecule has 1 aliphatic carbocycles. The molecule has 1 saturated carbocycles. The predicted octanol–water partition coefficient (Wildman–Crippen LogP) is 0.634. The van der Waals surface area contributed by atoms with E-state index >= 15 is 0 Å². The lowest BCUT2D eigenvalue weighted by Crippen LogP contribution is -2.42. The minimum Gasteiger partial charge on any atom is -0.377 e. The SMILES string of the molecule is Cl.NC(CNS(=O)(=O)CC1CCCCO1)C1CC1. The smallest absolute Gasteiger partial charge is 0.214 e. The zero-order valence-corrected chi connectivity index (χ0v) is 12.1. The van der Waals surface area contributed by atoms with Crippen LogP contribution in [0.1, 0.15) is 32.1 Å². The summed E-state index contributed by atoms with van der Waals surface area (Å²) in [5.74, 6) is 0.591. The summed E-state index contributed by atoms with van der Waals surface area (Å²) in [6.45, 7) is 1.04. The summed E-state index contributed by atoms with van der Waals surface area (Å²) in [7, 11) is -3.24. The maximum absolute atomic E-state index is 11.8. The summed E-state index contributed by atoms with van der Waals surface area (Å²) < 4.78 is 31.6. The fraction of sp³-hybridized carbons (Fsp3) is 1.00. The Kier molecular flexibility index (Phi) is 6.34. The molecule has 0 bridgehead atoms. The van der Waals surface area contributed by atoms with Gasteiger partial charge in [-0.05, 0) is 38.0 Å². The summed E-state index contributed by atoms with van der Waals surface area (Å²) in [4.78, 5) is 0. The van der Waals surface area contributed by atoms with Crippen LogP contribution in [0.25, 0.3) is 0 Å². The highest BCUT2D eigenvalue weighted by molar-refractivity contribution is 7.89. The molecule has 2 rings (SSSR count).